The van der Waals surface area contributed by atoms with Crippen molar-refractivity contribution in [2.75, 3.05) is 6.54 Å². The van der Waals surface area contributed by atoms with Gasteiger partial charge in [-0.25, -0.2) is 4.79 Å². The highest BCUT2D eigenvalue weighted by molar-refractivity contribution is 6.30. The number of rotatable bonds is 8. The van der Waals surface area contributed by atoms with E-state index in [-0.39, 0.29) is 13.0 Å². The smallest absolute Gasteiger partial charge is 0.351 e. The number of halogens is 1. The standard InChI is InChI=1S/C13H19ClN2O3/c14-11-5-3-10(4-6-11)9-19-13(16,12(17)18)7-1-2-8-15/h3-6H,1-2,7-9,15-16H2,(H,17,18). The number of ether oxygens (including phenoxy) is 1. The van der Waals surface area contributed by atoms with Crippen molar-refractivity contribution in [3.63, 3.8) is 0 Å². The maximum Gasteiger partial charge on any atom is 0.351 e. The van der Waals surface area contributed by atoms with Gasteiger partial charge in [0.2, 0.25) is 5.72 Å². The Morgan fingerprint density at radius 2 is 1.95 bits per heavy atom. The molecule has 0 aromatic heterocycles. The van der Waals surface area contributed by atoms with E-state index in [4.69, 9.17) is 32.9 Å². The largest absolute Gasteiger partial charge is 0.478 e. The Labute approximate surface area is 117 Å². The molecule has 5 nitrogen and oxygen atoms in total. The van der Waals surface area contributed by atoms with Gasteiger partial charge in [0.25, 0.3) is 0 Å². The van der Waals surface area contributed by atoms with Crippen molar-refractivity contribution < 1.29 is 14.6 Å². The topological polar surface area (TPSA) is 98.6 Å². The van der Waals surface area contributed by atoms with Gasteiger partial charge in [-0.2, -0.15) is 0 Å². The second kappa shape index (κ2) is 7.45. The summed E-state index contributed by atoms with van der Waals surface area (Å²) >= 11 is 5.77. The van der Waals surface area contributed by atoms with Crippen molar-refractivity contribution in [3.05, 3.63) is 34.9 Å². The third-order valence-corrected chi connectivity index (χ3v) is 3.03. The molecule has 0 radical (unpaired) electrons. The first-order valence-electron chi connectivity index (χ1n) is 6.08. The number of carboxylic acids is 1. The van der Waals surface area contributed by atoms with Gasteiger partial charge in [-0.15, -0.1) is 0 Å². The Hall–Kier alpha value is -1.14. The lowest BCUT2D eigenvalue weighted by atomic mass is 10.1. The number of hydrogen-bond acceptors (Lipinski definition) is 4. The molecule has 0 aliphatic carbocycles. The van der Waals surface area contributed by atoms with Crippen molar-refractivity contribution in [1.29, 1.82) is 0 Å². The Morgan fingerprint density at radius 3 is 2.47 bits per heavy atom. The first-order chi connectivity index (χ1) is 8.98. The van der Waals surface area contributed by atoms with Crippen molar-refractivity contribution in [2.45, 2.75) is 31.6 Å². The van der Waals surface area contributed by atoms with Crippen molar-refractivity contribution in [2.24, 2.45) is 11.5 Å². The van der Waals surface area contributed by atoms with Crippen LogP contribution in [0.2, 0.25) is 5.02 Å². The molecule has 19 heavy (non-hydrogen) atoms. The fraction of sp³-hybridized carbons (Fsp3) is 0.462. The van der Waals surface area contributed by atoms with Crippen molar-refractivity contribution in [3.8, 4) is 0 Å². The average molecular weight is 287 g/mol. The number of unbranched alkanes of at least 4 members (excludes halogenated alkanes) is 1. The van der Waals surface area contributed by atoms with E-state index < -0.39 is 11.7 Å². The number of aliphatic carboxylic acids is 1. The van der Waals surface area contributed by atoms with Crippen molar-refractivity contribution >= 4 is 17.6 Å². The van der Waals surface area contributed by atoms with E-state index in [1.54, 1.807) is 24.3 Å². The number of hydrogen-bond donors (Lipinski definition) is 3. The molecule has 1 atom stereocenters. The van der Waals surface area contributed by atoms with Crippen LogP contribution in [0.4, 0.5) is 0 Å². The number of carboxylic acid groups (broad SMARTS) is 1. The molecular weight excluding hydrogens is 268 g/mol. The average Bonchev–Trinajstić information content (AvgIpc) is 2.38. The first kappa shape index (κ1) is 15.9. The zero-order valence-corrected chi connectivity index (χ0v) is 11.4. The second-order valence-corrected chi connectivity index (χ2v) is 4.79. The van der Waals surface area contributed by atoms with E-state index in [0.717, 1.165) is 12.0 Å². The fourth-order valence-electron chi connectivity index (χ4n) is 1.57. The van der Waals surface area contributed by atoms with Gasteiger partial charge in [-0.05, 0) is 37.1 Å². The Morgan fingerprint density at radius 1 is 1.32 bits per heavy atom. The van der Waals surface area contributed by atoms with Crippen LogP contribution in [0.1, 0.15) is 24.8 Å². The molecule has 0 amide bonds. The van der Waals surface area contributed by atoms with Gasteiger partial charge in [0.15, 0.2) is 0 Å². The minimum Gasteiger partial charge on any atom is -0.478 e. The molecule has 0 aliphatic heterocycles. The van der Waals surface area contributed by atoms with Crippen LogP contribution in [0.15, 0.2) is 24.3 Å². The van der Waals surface area contributed by atoms with Gasteiger partial charge in [-0.1, -0.05) is 23.7 Å². The third-order valence-electron chi connectivity index (χ3n) is 2.77. The van der Waals surface area contributed by atoms with E-state index in [1.165, 1.54) is 0 Å². The normalized spacial score (nSPS) is 14.1. The van der Waals surface area contributed by atoms with Crippen LogP contribution in [0.3, 0.4) is 0 Å². The lowest BCUT2D eigenvalue weighted by Crippen LogP contribution is -2.50. The van der Waals surface area contributed by atoms with Gasteiger partial charge in [0.05, 0.1) is 6.61 Å². The van der Waals surface area contributed by atoms with E-state index in [1.807, 2.05) is 0 Å². The lowest BCUT2D eigenvalue weighted by Gasteiger charge is -2.25. The van der Waals surface area contributed by atoms with E-state index in [0.29, 0.717) is 18.0 Å². The maximum atomic E-state index is 11.2. The quantitative estimate of drug-likeness (QED) is 0.499. The highest BCUT2D eigenvalue weighted by Crippen LogP contribution is 2.17. The molecular formula is C13H19ClN2O3. The lowest BCUT2D eigenvalue weighted by molar-refractivity contribution is -0.168. The minimum absolute atomic E-state index is 0.128. The molecule has 6 heteroatoms. The Kier molecular flexibility index (Phi) is 6.24. The SMILES string of the molecule is NCCCCC(N)(OCc1ccc(Cl)cc1)C(=O)O. The van der Waals surface area contributed by atoms with Crippen LogP contribution in [0.25, 0.3) is 0 Å². The summed E-state index contributed by atoms with van der Waals surface area (Å²) in [5.74, 6) is -1.17. The van der Waals surface area contributed by atoms with Crippen LogP contribution in [0.5, 0.6) is 0 Å². The molecule has 106 valence electrons. The minimum atomic E-state index is -1.67. The molecule has 0 bridgehead atoms. The van der Waals surface area contributed by atoms with Gasteiger partial charge in [-0.3, -0.25) is 5.73 Å². The van der Waals surface area contributed by atoms with Gasteiger partial charge >= 0.3 is 5.97 Å². The molecule has 0 fully saturated rings. The summed E-state index contributed by atoms with van der Waals surface area (Å²) in [5, 5.41) is 9.77. The summed E-state index contributed by atoms with van der Waals surface area (Å²) in [6, 6.07) is 6.97. The monoisotopic (exact) mass is 286 g/mol. The molecule has 0 aliphatic rings. The Balaban J connectivity index is 2.58. The first-order valence-corrected chi connectivity index (χ1v) is 6.46. The molecule has 0 saturated heterocycles. The molecule has 0 spiro atoms. The summed E-state index contributed by atoms with van der Waals surface area (Å²) in [4.78, 5) is 11.2. The highest BCUT2D eigenvalue weighted by atomic mass is 35.5. The summed E-state index contributed by atoms with van der Waals surface area (Å²) in [6.07, 6.45) is 1.56. The van der Waals surface area contributed by atoms with Crippen LogP contribution >= 0.6 is 11.6 Å². The molecule has 5 N–H and O–H groups in total. The van der Waals surface area contributed by atoms with E-state index >= 15 is 0 Å². The zero-order valence-electron chi connectivity index (χ0n) is 10.6. The zero-order chi connectivity index (χ0) is 14.3. The molecule has 1 aromatic carbocycles. The number of benzene rings is 1. The van der Waals surface area contributed by atoms with E-state index in [2.05, 4.69) is 0 Å². The van der Waals surface area contributed by atoms with Gasteiger partial charge in [0.1, 0.15) is 0 Å². The maximum absolute atomic E-state index is 11.2. The number of carbonyl (C=O) groups is 1. The number of nitrogens with two attached hydrogens (primary N) is 2. The molecule has 1 unspecified atom stereocenters. The molecule has 1 rings (SSSR count). The summed E-state index contributed by atoms with van der Waals surface area (Å²) in [6.45, 7) is 0.634. The predicted octanol–water partition coefficient (Wildman–Crippen LogP) is 1.73. The highest BCUT2D eigenvalue weighted by Gasteiger charge is 2.34. The van der Waals surface area contributed by atoms with Crippen molar-refractivity contribution in [1.82, 2.24) is 0 Å². The van der Waals surface area contributed by atoms with E-state index in [9.17, 15) is 4.79 Å². The predicted molar refractivity (Wildman–Crippen MR) is 73.7 cm³/mol. The molecule has 0 heterocycles. The Bertz CT molecular complexity index is 411. The van der Waals surface area contributed by atoms with Crippen LogP contribution in [-0.4, -0.2) is 23.3 Å². The summed E-state index contributed by atoms with van der Waals surface area (Å²) in [7, 11) is 0. The fourth-order valence-corrected chi connectivity index (χ4v) is 1.69. The third kappa shape index (κ3) is 5.16. The van der Waals surface area contributed by atoms with Crippen LogP contribution in [-0.2, 0) is 16.1 Å². The molecule has 0 saturated carbocycles. The molecule has 1 aromatic rings. The van der Waals surface area contributed by atoms with Crippen LogP contribution in [0, 0.1) is 0 Å². The summed E-state index contributed by atoms with van der Waals surface area (Å²) in [5.41, 5.74) is 10.3. The van der Waals surface area contributed by atoms with Gasteiger partial charge in [0, 0.05) is 11.4 Å². The van der Waals surface area contributed by atoms with Gasteiger partial charge < -0.3 is 15.6 Å². The van der Waals surface area contributed by atoms with Crippen LogP contribution < -0.4 is 11.5 Å². The second-order valence-electron chi connectivity index (χ2n) is 4.36. The summed E-state index contributed by atoms with van der Waals surface area (Å²) < 4.78 is 5.36.